The zero-order valence-electron chi connectivity index (χ0n) is 17.5. The van der Waals surface area contributed by atoms with E-state index >= 15 is 0 Å². The van der Waals surface area contributed by atoms with Crippen LogP contribution in [-0.2, 0) is 19.7 Å². The summed E-state index contributed by atoms with van der Waals surface area (Å²) in [7, 11) is 1.67. The lowest BCUT2D eigenvalue weighted by atomic mass is 10.2. The smallest absolute Gasteiger partial charge is 0.213 e. The SMILES string of the molecule is CCNC(=NCc1cccc(OC)c1)NCc1ccnc(OCc2ccccc2)c1. The summed E-state index contributed by atoms with van der Waals surface area (Å²) in [6, 6.07) is 21.9. The quantitative estimate of drug-likeness (QED) is 0.418. The van der Waals surface area contributed by atoms with E-state index in [0.717, 1.165) is 34.9 Å². The number of ether oxygens (including phenoxy) is 2. The first kappa shape index (κ1) is 21.2. The van der Waals surface area contributed by atoms with E-state index in [0.29, 0.717) is 25.6 Å². The molecule has 0 aliphatic heterocycles. The third kappa shape index (κ3) is 6.81. The summed E-state index contributed by atoms with van der Waals surface area (Å²) >= 11 is 0. The van der Waals surface area contributed by atoms with E-state index in [1.54, 1.807) is 13.3 Å². The Bertz CT molecular complexity index is 945. The number of hydrogen-bond donors (Lipinski definition) is 2. The Morgan fingerprint density at radius 3 is 2.57 bits per heavy atom. The second-order valence-corrected chi connectivity index (χ2v) is 6.68. The molecule has 3 rings (SSSR count). The van der Waals surface area contributed by atoms with Crippen molar-refractivity contribution in [2.45, 2.75) is 26.6 Å². The summed E-state index contributed by atoms with van der Waals surface area (Å²) in [4.78, 5) is 8.97. The molecular weight excluding hydrogens is 376 g/mol. The van der Waals surface area contributed by atoms with Gasteiger partial charge in [-0.2, -0.15) is 0 Å². The molecule has 0 spiro atoms. The highest BCUT2D eigenvalue weighted by Gasteiger charge is 2.03. The molecule has 0 radical (unpaired) electrons. The number of benzene rings is 2. The van der Waals surface area contributed by atoms with Crippen LogP contribution in [-0.4, -0.2) is 24.6 Å². The van der Waals surface area contributed by atoms with Crippen LogP contribution in [0.2, 0.25) is 0 Å². The summed E-state index contributed by atoms with van der Waals surface area (Å²) < 4.78 is 11.1. The summed E-state index contributed by atoms with van der Waals surface area (Å²) in [6.45, 7) is 4.51. The second-order valence-electron chi connectivity index (χ2n) is 6.68. The average molecular weight is 405 g/mol. The molecule has 3 aromatic rings. The van der Waals surface area contributed by atoms with Gasteiger partial charge in [-0.1, -0.05) is 42.5 Å². The lowest BCUT2D eigenvalue weighted by molar-refractivity contribution is 0.293. The fourth-order valence-electron chi connectivity index (χ4n) is 2.84. The lowest BCUT2D eigenvalue weighted by Gasteiger charge is -2.12. The van der Waals surface area contributed by atoms with Crippen LogP contribution in [0, 0.1) is 0 Å². The van der Waals surface area contributed by atoms with Gasteiger partial charge in [0.15, 0.2) is 5.96 Å². The molecular formula is C24H28N4O2. The first-order valence-electron chi connectivity index (χ1n) is 10.0. The van der Waals surface area contributed by atoms with Crippen molar-refractivity contribution in [2.24, 2.45) is 4.99 Å². The van der Waals surface area contributed by atoms with Gasteiger partial charge in [-0.25, -0.2) is 9.98 Å². The molecule has 0 unspecified atom stereocenters. The molecule has 0 aliphatic rings. The van der Waals surface area contributed by atoms with Crippen molar-refractivity contribution >= 4 is 5.96 Å². The van der Waals surface area contributed by atoms with Crippen LogP contribution < -0.4 is 20.1 Å². The zero-order chi connectivity index (χ0) is 21.0. The van der Waals surface area contributed by atoms with Crippen molar-refractivity contribution in [3.05, 3.63) is 89.6 Å². The molecule has 0 amide bonds. The Kier molecular flexibility index (Phi) is 8.09. The number of nitrogens with zero attached hydrogens (tertiary/aromatic N) is 2. The van der Waals surface area contributed by atoms with Crippen LogP contribution >= 0.6 is 0 Å². The van der Waals surface area contributed by atoms with Gasteiger partial charge in [0.2, 0.25) is 5.88 Å². The number of methoxy groups -OCH3 is 1. The summed E-state index contributed by atoms with van der Waals surface area (Å²) in [6.07, 6.45) is 1.76. The Morgan fingerprint density at radius 1 is 0.933 bits per heavy atom. The summed E-state index contributed by atoms with van der Waals surface area (Å²) in [5.74, 6) is 2.20. The molecule has 2 aromatic carbocycles. The van der Waals surface area contributed by atoms with Gasteiger partial charge in [-0.15, -0.1) is 0 Å². The molecule has 30 heavy (non-hydrogen) atoms. The van der Waals surface area contributed by atoms with E-state index in [1.165, 1.54) is 0 Å². The predicted octanol–water partition coefficient (Wildman–Crippen LogP) is 3.92. The van der Waals surface area contributed by atoms with Gasteiger partial charge in [-0.05, 0) is 41.8 Å². The van der Waals surface area contributed by atoms with Gasteiger partial charge in [0.1, 0.15) is 12.4 Å². The van der Waals surface area contributed by atoms with Gasteiger partial charge in [-0.3, -0.25) is 0 Å². The highest BCUT2D eigenvalue weighted by Crippen LogP contribution is 2.14. The van der Waals surface area contributed by atoms with E-state index in [2.05, 4.69) is 20.6 Å². The van der Waals surface area contributed by atoms with Gasteiger partial charge in [0, 0.05) is 25.4 Å². The summed E-state index contributed by atoms with van der Waals surface area (Å²) in [5, 5.41) is 6.63. The van der Waals surface area contributed by atoms with Crippen molar-refractivity contribution < 1.29 is 9.47 Å². The molecule has 0 saturated heterocycles. The van der Waals surface area contributed by atoms with E-state index in [9.17, 15) is 0 Å². The number of pyridine rings is 1. The number of aromatic nitrogens is 1. The molecule has 2 N–H and O–H groups in total. The van der Waals surface area contributed by atoms with Crippen LogP contribution in [0.1, 0.15) is 23.6 Å². The molecule has 1 heterocycles. The van der Waals surface area contributed by atoms with Crippen molar-refractivity contribution in [3.63, 3.8) is 0 Å². The maximum atomic E-state index is 5.82. The average Bonchev–Trinajstić information content (AvgIpc) is 2.80. The topological polar surface area (TPSA) is 67.8 Å². The zero-order valence-corrected chi connectivity index (χ0v) is 17.5. The minimum atomic E-state index is 0.495. The predicted molar refractivity (Wildman–Crippen MR) is 120 cm³/mol. The van der Waals surface area contributed by atoms with Crippen LogP contribution in [0.3, 0.4) is 0 Å². The highest BCUT2D eigenvalue weighted by atomic mass is 16.5. The van der Waals surface area contributed by atoms with E-state index in [-0.39, 0.29) is 0 Å². The minimum Gasteiger partial charge on any atom is -0.497 e. The second kappa shape index (κ2) is 11.5. The minimum absolute atomic E-state index is 0.495. The molecule has 6 heteroatoms. The monoisotopic (exact) mass is 404 g/mol. The number of rotatable bonds is 9. The van der Waals surface area contributed by atoms with Crippen molar-refractivity contribution in [3.8, 4) is 11.6 Å². The maximum Gasteiger partial charge on any atom is 0.213 e. The molecule has 0 saturated carbocycles. The van der Waals surface area contributed by atoms with E-state index in [1.807, 2.05) is 73.7 Å². The number of nitrogens with one attached hydrogen (secondary N) is 2. The van der Waals surface area contributed by atoms with E-state index in [4.69, 9.17) is 9.47 Å². The Hall–Kier alpha value is -3.54. The van der Waals surface area contributed by atoms with Crippen molar-refractivity contribution in [1.82, 2.24) is 15.6 Å². The highest BCUT2D eigenvalue weighted by molar-refractivity contribution is 5.79. The number of guanidine groups is 1. The van der Waals surface area contributed by atoms with Crippen LogP contribution in [0.25, 0.3) is 0 Å². The van der Waals surface area contributed by atoms with Crippen LogP contribution in [0.5, 0.6) is 11.6 Å². The number of aliphatic imine (C=N–C) groups is 1. The maximum absolute atomic E-state index is 5.82. The van der Waals surface area contributed by atoms with Gasteiger partial charge < -0.3 is 20.1 Å². The standard InChI is InChI=1S/C24H28N4O2/c1-3-25-24(27-16-20-10-7-11-22(14-20)29-2)28-17-21-12-13-26-23(15-21)30-18-19-8-5-4-6-9-19/h4-15H,3,16-18H2,1-2H3,(H2,25,27,28). The van der Waals surface area contributed by atoms with Gasteiger partial charge in [0.25, 0.3) is 0 Å². The Balaban J connectivity index is 1.57. The van der Waals surface area contributed by atoms with Crippen LogP contribution in [0.4, 0.5) is 0 Å². The normalized spacial score (nSPS) is 11.1. The third-order valence-electron chi connectivity index (χ3n) is 4.39. The van der Waals surface area contributed by atoms with E-state index < -0.39 is 0 Å². The Morgan fingerprint density at radius 2 is 1.77 bits per heavy atom. The Labute approximate surface area is 178 Å². The fourth-order valence-corrected chi connectivity index (χ4v) is 2.84. The van der Waals surface area contributed by atoms with Gasteiger partial charge >= 0.3 is 0 Å². The molecule has 156 valence electrons. The summed E-state index contributed by atoms with van der Waals surface area (Å²) in [5.41, 5.74) is 3.27. The molecule has 6 nitrogen and oxygen atoms in total. The van der Waals surface area contributed by atoms with Crippen molar-refractivity contribution in [2.75, 3.05) is 13.7 Å². The molecule has 0 fully saturated rings. The van der Waals surface area contributed by atoms with Crippen LogP contribution in [0.15, 0.2) is 77.9 Å². The van der Waals surface area contributed by atoms with Crippen molar-refractivity contribution in [1.29, 1.82) is 0 Å². The number of hydrogen-bond acceptors (Lipinski definition) is 4. The molecule has 0 atom stereocenters. The lowest BCUT2D eigenvalue weighted by Crippen LogP contribution is -2.36. The first-order valence-corrected chi connectivity index (χ1v) is 10.0. The first-order chi connectivity index (χ1) is 14.8. The molecule has 0 bridgehead atoms. The third-order valence-corrected chi connectivity index (χ3v) is 4.39. The largest absolute Gasteiger partial charge is 0.497 e. The fraction of sp³-hybridized carbons (Fsp3) is 0.250. The molecule has 0 aliphatic carbocycles. The van der Waals surface area contributed by atoms with Gasteiger partial charge in [0.05, 0.1) is 13.7 Å². The molecule has 1 aromatic heterocycles.